The zero-order valence-corrected chi connectivity index (χ0v) is 16.7. The molecule has 1 fully saturated rings. The molecule has 6 nitrogen and oxygen atoms in total. The van der Waals surface area contributed by atoms with E-state index in [1.807, 2.05) is 27.1 Å². The van der Waals surface area contributed by atoms with Gasteiger partial charge in [0.2, 0.25) is 0 Å². The fourth-order valence-corrected chi connectivity index (χ4v) is 4.14. The number of hydrogen-bond donors (Lipinski definition) is 1. The number of aliphatic imine (C=N–C) groups is 1. The first kappa shape index (κ1) is 19.6. The van der Waals surface area contributed by atoms with Crippen molar-refractivity contribution in [1.82, 2.24) is 19.6 Å². The normalized spacial score (nSPS) is 15.9. The lowest BCUT2D eigenvalue weighted by molar-refractivity contribution is -0.137. The topological polar surface area (TPSA) is 48.2 Å². The van der Waals surface area contributed by atoms with Crippen molar-refractivity contribution in [2.24, 2.45) is 4.99 Å². The molecule has 2 aromatic heterocycles. The van der Waals surface area contributed by atoms with Crippen LogP contribution < -0.4 is 10.2 Å². The highest BCUT2D eigenvalue weighted by Crippen LogP contribution is 2.31. The highest BCUT2D eigenvalue weighted by molar-refractivity contribution is 7.15. The van der Waals surface area contributed by atoms with Crippen molar-refractivity contribution in [2.45, 2.75) is 12.7 Å². The average molecular weight is 422 g/mol. The molecule has 1 aliphatic rings. The lowest BCUT2D eigenvalue weighted by Gasteiger charge is -2.37. The van der Waals surface area contributed by atoms with E-state index in [0.717, 1.165) is 22.7 Å². The number of nitrogens with zero attached hydrogens (tertiary/aromatic N) is 5. The fourth-order valence-electron chi connectivity index (χ4n) is 3.42. The third-order valence-corrected chi connectivity index (χ3v) is 5.67. The summed E-state index contributed by atoms with van der Waals surface area (Å²) in [5.74, 6) is 0.769. The largest absolute Gasteiger partial charge is 0.416 e. The fraction of sp³-hybridized carbons (Fsp3) is 0.368. The Kier molecular flexibility index (Phi) is 5.35. The van der Waals surface area contributed by atoms with E-state index in [1.165, 1.54) is 12.1 Å². The maximum Gasteiger partial charge on any atom is 0.416 e. The van der Waals surface area contributed by atoms with Gasteiger partial charge in [0, 0.05) is 56.7 Å². The maximum absolute atomic E-state index is 13.0. The zero-order valence-electron chi connectivity index (χ0n) is 15.9. The summed E-state index contributed by atoms with van der Waals surface area (Å²) in [7, 11) is 1.73. The maximum atomic E-state index is 13.0. The van der Waals surface area contributed by atoms with Gasteiger partial charge in [-0.05, 0) is 18.2 Å². The van der Waals surface area contributed by atoms with Gasteiger partial charge in [-0.15, -0.1) is 11.3 Å². The summed E-state index contributed by atoms with van der Waals surface area (Å²) in [4.78, 5) is 13.9. The lowest BCUT2D eigenvalue weighted by atomic mass is 10.1. The van der Waals surface area contributed by atoms with Crippen LogP contribution in [0.15, 0.2) is 47.0 Å². The SMILES string of the molecule is CN=C(NCc1cn2ccsc2n1)N1CCN(c2cccc(C(F)(F)F)c2)CC1. The molecule has 1 aromatic carbocycles. The molecule has 0 atom stereocenters. The van der Waals surface area contributed by atoms with Gasteiger partial charge in [-0.3, -0.25) is 9.39 Å². The number of anilines is 1. The molecule has 0 aliphatic carbocycles. The molecule has 0 radical (unpaired) electrons. The van der Waals surface area contributed by atoms with Gasteiger partial charge >= 0.3 is 6.18 Å². The Morgan fingerprint density at radius 2 is 2.03 bits per heavy atom. The number of nitrogens with one attached hydrogen (secondary N) is 1. The number of alkyl halides is 3. The number of rotatable bonds is 3. The molecule has 1 saturated heterocycles. The second kappa shape index (κ2) is 7.94. The quantitative estimate of drug-likeness (QED) is 0.520. The molecule has 1 N–H and O–H groups in total. The Morgan fingerprint density at radius 3 is 2.72 bits per heavy atom. The van der Waals surface area contributed by atoms with Crippen LogP contribution in [-0.2, 0) is 12.7 Å². The van der Waals surface area contributed by atoms with Crippen molar-refractivity contribution in [3.8, 4) is 0 Å². The number of thiazole rings is 1. The second-order valence-corrected chi connectivity index (χ2v) is 7.62. The molecule has 10 heteroatoms. The number of halogens is 3. The van der Waals surface area contributed by atoms with E-state index in [1.54, 1.807) is 24.5 Å². The zero-order chi connectivity index (χ0) is 20.4. The van der Waals surface area contributed by atoms with E-state index in [-0.39, 0.29) is 0 Å². The van der Waals surface area contributed by atoms with Crippen molar-refractivity contribution < 1.29 is 13.2 Å². The summed E-state index contributed by atoms with van der Waals surface area (Å²) < 4.78 is 40.9. The van der Waals surface area contributed by atoms with Crippen LogP contribution in [0.3, 0.4) is 0 Å². The molecule has 0 saturated carbocycles. The van der Waals surface area contributed by atoms with Crippen LogP contribution in [0.25, 0.3) is 4.96 Å². The molecule has 0 unspecified atom stereocenters. The average Bonchev–Trinajstić information content (AvgIpc) is 3.30. The van der Waals surface area contributed by atoms with Crippen LogP contribution in [0.4, 0.5) is 18.9 Å². The van der Waals surface area contributed by atoms with Crippen LogP contribution in [0, 0.1) is 0 Å². The highest BCUT2D eigenvalue weighted by atomic mass is 32.1. The van der Waals surface area contributed by atoms with E-state index in [2.05, 4.69) is 20.2 Å². The first-order valence-electron chi connectivity index (χ1n) is 9.23. The van der Waals surface area contributed by atoms with Crippen LogP contribution in [-0.4, -0.2) is 53.5 Å². The minimum atomic E-state index is -4.33. The summed E-state index contributed by atoms with van der Waals surface area (Å²) in [5.41, 5.74) is 0.913. The van der Waals surface area contributed by atoms with Crippen LogP contribution in [0.5, 0.6) is 0 Å². The van der Waals surface area contributed by atoms with Crippen molar-refractivity contribution in [3.05, 3.63) is 53.3 Å². The van der Waals surface area contributed by atoms with Gasteiger partial charge in [-0.2, -0.15) is 13.2 Å². The summed E-state index contributed by atoms with van der Waals surface area (Å²) in [6, 6.07) is 5.50. The Morgan fingerprint density at radius 1 is 1.24 bits per heavy atom. The van der Waals surface area contributed by atoms with Gasteiger partial charge in [0.25, 0.3) is 0 Å². The van der Waals surface area contributed by atoms with Gasteiger partial charge in [0.1, 0.15) is 0 Å². The van der Waals surface area contributed by atoms with Crippen LogP contribution >= 0.6 is 11.3 Å². The minimum Gasteiger partial charge on any atom is -0.368 e. The summed E-state index contributed by atoms with van der Waals surface area (Å²) in [6.45, 7) is 3.17. The monoisotopic (exact) mass is 422 g/mol. The van der Waals surface area contributed by atoms with Gasteiger partial charge in [-0.25, -0.2) is 4.98 Å². The second-order valence-electron chi connectivity index (χ2n) is 6.75. The van der Waals surface area contributed by atoms with Crippen LogP contribution in [0.1, 0.15) is 11.3 Å². The van der Waals surface area contributed by atoms with Crippen molar-refractivity contribution in [2.75, 3.05) is 38.1 Å². The molecule has 0 amide bonds. The molecule has 3 aromatic rings. The summed E-state index contributed by atoms with van der Waals surface area (Å²) in [5, 5.41) is 5.32. The Balaban J connectivity index is 1.35. The van der Waals surface area contributed by atoms with Gasteiger partial charge in [0.15, 0.2) is 10.9 Å². The third-order valence-electron chi connectivity index (χ3n) is 4.90. The summed E-state index contributed by atoms with van der Waals surface area (Å²) >= 11 is 1.58. The van der Waals surface area contributed by atoms with E-state index < -0.39 is 11.7 Å². The first-order chi connectivity index (χ1) is 13.9. The molecule has 29 heavy (non-hydrogen) atoms. The number of aromatic nitrogens is 2. The number of hydrogen-bond acceptors (Lipinski definition) is 4. The predicted molar refractivity (Wildman–Crippen MR) is 108 cm³/mol. The molecule has 1 aliphatic heterocycles. The molecular formula is C19H21F3N6S. The number of guanidine groups is 1. The van der Waals surface area contributed by atoms with Gasteiger partial charge in [-0.1, -0.05) is 6.07 Å². The Hall–Kier alpha value is -2.75. The van der Waals surface area contributed by atoms with Gasteiger partial charge in [0.05, 0.1) is 17.8 Å². The standard InChI is InChI=1S/C19H21F3N6S/c1-23-17(24-12-15-13-28-9-10-29-18(28)25-15)27-7-5-26(6-8-27)16-4-2-3-14(11-16)19(20,21)22/h2-4,9-11,13H,5-8,12H2,1H3,(H,23,24). The van der Waals surface area contributed by atoms with Crippen molar-refractivity contribution >= 4 is 27.9 Å². The van der Waals surface area contributed by atoms with Crippen molar-refractivity contribution in [3.63, 3.8) is 0 Å². The van der Waals surface area contributed by atoms with E-state index in [0.29, 0.717) is 38.4 Å². The minimum absolute atomic E-state index is 0.564. The molecule has 0 bridgehead atoms. The molecule has 4 rings (SSSR count). The molecule has 0 spiro atoms. The van der Waals surface area contributed by atoms with Crippen molar-refractivity contribution in [1.29, 1.82) is 0 Å². The van der Waals surface area contributed by atoms with E-state index in [9.17, 15) is 13.2 Å². The van der Waals surface area contributed by atoms with Crippen LogP contribution in [0.2, 0.25) is 0 Å². The number of imidazole rings is 1. The van der Waals surface area contributed by atoms with E-state index >= 15 is 0 Å². The molecule has 3 heterocycles. The molecular weight excluding hydrogens is 401 g/mol. The van der Waals surface area contributed by atoms with E-state index in [4.69, 9.17) is 0 Å². The number of piperazine rings is 1. The Bertz CT molecular complexity index is 972. The van der Waals surface area contributed by atoms with Gasteiger partial charge < -0.3 is 15.1 Å². The highest BCUT2D eigenvalue weighted by Gasteiger charge is 2.31. The Labute approximate surface area is 170 Å². The number of fused-ring (bicyclic) bond motifs is 1. The third kappa shape index (κ3) is 4.31. The summed E-state index contributed by atoms with van der Waals surface area (Å²) in [6.07, 6.45) is -0.374. The molecule has 154 valence electrons. The number of benzene rings is 1. The lowest BCUT2D eigenvalue weighted by Crippen LogP contribution is -2.52. The predicted octanol–water partition coefficient (Wildman–Crippen LogP) is 3.31. The smallest absolute Gasteiger partial charge is 0.368 e. The first-order valence-corrected chi connectivity index (χ1v) is 10.1.